The third-order valence-corrected chi connectivity index (χ3v) is 6.26. The van der Waals surface area contributed by atoms with E-state index in [9.17, 15) is 15.8 Å². The van der Waals surface area contributed by atoms with E-state index in [-0.39, 0.29) is 22.9 Å². The Bertz CT molecular complexity index is 912. The second-order valence-corrected chi connectivity index (χ2v) is 8.62. The zero-order valence-corrected chi connectivity index (χ0v) is 16.0. The first kappa shape index (κ1) is 18.8. The van der Waals surface area contributed by atoms with Gasteiger partial charge in [-0.25, -0.2) is 0 Å². The van der Waals surface area contributed by atoms with Crippen LogP contribution in [0.25, 0.3) is 0 Å². The van der Waals surface area contributed by atoms with Crippen LogP contribution in [0.1, 0.15) is 45.1 Å². The molecule has 0 fully saturated rings. The van der Waals surface area contributed by atoms with Crippen molar-refractivity contribution in [3.8, 4) is 18.2 Å². The Hall–Kier alpha value is -3.03. The molecule has 3 atom stereocenters. The smallest absolute Gasteiger partial charge is 0.191 e. The lowest BCUT2D eigenvalue weighted by atomic mass is 9.54. The number of hydrogen-bond acceptors (Lipinski definition) is 4. The fraction of sp³-hybridized carbons (Fsp3) is 0.435. The first-order valence-electron chi connectivity index (χ1n) is 9.28. The molecular formula is C23H24N4. The van der Waals surface area contributed by atoms with E-state index in [2.05, 4.69) is 45.1 Å². The van der Waals surface area contributed by atoms with E-state index in [0.717, 1.165) is 24.0 Å². The molecule has 4 heteroatoms. The van der Waals surface area contributed by atoms with Crippen molar-refractivity contribution in [3.05, 3.63) is 58.8 Å². The third-order valence-electron chi connectivity index (χ3n) is 6.26. The lowest BCUT2D eigenvalue weighted by Gasteiger charge is -2.47. The molecule has 136 valence electrons. The molecule has 0 aliphatic heterocycles. The van der Waals surface area contributed by atoms with Gasteiger partial charge in [0, 0.05) is 5.92 Å². The number of nitriles is 3. The van der Waals surface area contributed by atoms with Gasteiger partial charge in [0.1, 0.15) is 6.07 Å². The summed E-state index contributed by atoms with van der Waals surface area (Å²) < 4.78 is 0. The Labute approximate surface area is 161 Å². The molecule has 1 aromatic rings. The van der Waals surface area contributed by atoms with Crippen LogP contribution in [0.5, 0.6) is 0 Å². The van der Waals surface area contributed by atoms with Gasteiger partial charge in [0.15, 0.2) is 5.41 Å². The van der Waals surface area contributed by atoms with Crippen molar-refractivity contribution in [2.45, 2.75) is 39.5 Å². The summed E-state index contributed by atoms with van der Waals surface area (Å²) in [6.45, 7) is 6.65. The molecule has 0 bridgehead atoms. The van der Waals surface area contributed by atoms with Crippen molar-refractivity contribution < 1.29 is 0 Å². The molecule has 0 amide bonds. The highest BCUT2D eigenvalue weighted by molar-refractivity contribution is 5.59. The van der Waals surface area contributed by atoms with Crippen molar-refractivity contribution >= 4 is 0 Å². The molecule has 2 aliphatic carbocycles. The van der Waals surface area contributed by atoms with Crippen LogP contribution in [0.3, 0.4) is 0 Å². The molecule has 3 rings (SSSR count). The van der Waals surface area contributed by atoms with Crippen LogP contribution in [0.15, 0.2) is 53.3 Å². The number of benzene rings is 1. The molecule has 0 radical (unpaired) electrons. The number of nitrogens with two attached hydrogens (primary N) is 1. The molecule has 2 aliphatic rings. The van der Waals surface area contributed by atoms with Crippen LogP contribution in [0.2, 0.25) is 0 Å². The van der Waals surface area contributed by atoms with Crippen LogP contribution in [0.4, 0.5) is 0 Å². The zero-order valence-electron chi connectivity index (χ0n) is 16.0. The van der Waals surface area contributed by atoms with Crippen LogP contribution >= 0.6 is 0 Å². The predicted molar refractivity (Wildman–Crippen MR) is 103 cm³/mol. The summed E-state index contributed by atoms with van der Waals surface area (Å²) in [7, 11) is 0. The van der Waals surface area contributed by atoms with Gasteiger partial charge in [-0.05, 0) is 41.2 Å². The molecule has 27 heavy (non-hydrogen) atoms. The van der Waals surface area contributed by atoms with Crippen LogP contribution in [-0.2, 0) is 0 Å². The molecular weight excluding hydrogens is 332 g/mol. The lowest BCUT2D eigenvalue weighted by molar-refractivity contribution is 0.170. The zero-order chi connectivity index (χ0) is 19.8. The Kier molecular flexibility index (Phi) is 4.59. The minimum Gasteiger partial charge on any atom is -0.399 e. The van der Waals surface area contributed by atoms with Gasteiger partial charge in [-0.15, -0.1) is 0 Å². The maximum Gasteiger partial charge on any atom is 0.191 e. The van der Waals surface area contributed by atoms with Crippen LogP contribution < -0.4 is 5.73 Å². The van der Waals surface area contributed by atoms with E-state index in [0.29, 0.717) is 11.5 Å². The third kappa shape index (κ3) is 2.81. The molecule has 0 unspecified atom stereocenters. The molecule has 2 N–H and O–H groups in total. The fourth-order valence-corrected chi connectivity index (χ4v) is 4.63. The summed E-state index contributed by atoms with van der Waals surface area (Å²) in [6, 6.07) is 16.2. The van der Waals surface area contributed by atoms with Gasteiger partial charge in [-0.3, -0.25) is 0 Å². The molecule has 0 saturated carbocycles. The number of nitrogens with zero attached hydrogens (tertiary/aromatic N) is 3. The number of allylic oxidation sites excluding steroid dienone is 4. The Balaban J connectivity index is 2.29. The van der Waals surface area contributed by atoms with Crippen molar-refractivity contribution in [1.29, 1.82) is 15.8 Å². The minimum atomic E-state index is -1.53. The van der Waals surface area contributed by atoms with Gasteiger partial charge in [0.05, 0.1) is 23.4 Å². The summed E-state index contributed by atoms with van der Waals surface area (Å²) in [6.07, 6.45) is 3.82. The van der Waals surface area contributed by atoms with Crippen molar-refractivity contribution in [2.24, 2.45) is 28.4 Å². The summed E-state index contributed by atoms with van der Waals surface area (Å²) >= 11 is 0. The summed E-state index contributed by atoms with van der Waals surface area (Å²) in [4.78, 5) is 0. The van der Waals surface area contributed by atoms with Crippen LogP contribution in [0, 0.1) is 56.7 Å². The average Bonchev–Trinajstić information content (AvgIpc) is 2.67. The monoisotopic (exact) mass is 356 g/mol. The first-order valence-corrected chi connectivity index (χ1v) is 9.28. The Morgan fingerprint density at radius 1 is 1.07 bits per heavy atom. The van der Waals surface area contributed by atoms with Gasteiger partial charge in [-0.2, -0.15) is 15.8 Å². The van der Waals surface area contributed by atoms with E-state index in [1.807, 2.05) is 30.3 Å². The van der Waals surface area contributed by atoms with Crippen molar-refractivity contribution in [1.82, 2.24) is 0 Å². The lowest BCUT2D eigenvalue weighted by Crippen LogP contribution is -2.44. The number of rotatable bonds is 1. The molecule has 0 aromatic heterocycles. The number of hydrogen-bond donors (Lipinski definition) is 1. The fourth-order valence-electron chi connectivity index (χ4n) is 4.63. The summed E-state index contributed by atoms with van der Waals surface area (Å²) in [5, 5.41) is 29.9. The minimum absolute atomic E-state index is 0.0772. The maximum atomic E-state index is 10.1. The Morgan fingerprint density at radius 2 is 1.70 bits per heavy atom. The van der Waals surface area contributed by atoms with E-state index in [1.165, 1.54) is 0 Å². The van der Waals surface area contributed by atoms with E-state index < -0.39 is 5.41 Å². The van der Waals surface area contributed by atoms with Gasteiger partial charge in [0.25, 0.3) is 0 Å². The largest absolute Gasteiger partial charge is 0.399 e. The topological polar surface area (TPSA) is 97.4 Å². The molecule has 4 nitrogen and oxygen atoms in total. The summed E-state index contributed by atoms with van der Waals surface area (Å²) in [5.74, 6) is -0.0550. The standard InChI is InChI=1S/C23H24N4/c1-22(2,3)16-9-10-17-18(11-16)20(15-7-5-4-6-8-15)23(13-25,14-26)21(27)19(17)12-24/h4-8,10,16,18,20H,9,11,27H2,1-3H3/t16-,18-,20-/m0/s1. The normalized spacial score (nSPS) is 26.8. The maximum absolute atomic E-state index is 10.1. The van der Waals surface area contributed by atoms with E-state index in [4.69, 9.17) is 5.73 Å². The second kappa shape index (κ2) is 6.61. The summed E-state index contributed by atoms with van der Waals surface area (Å²) in [5.41, 5.74) is 7.13. The highest BCUT2D eigenvalue weighted by Crippen LogP contribution is 2.57. The molecule has 1 aromatic carbocycles. The SMILES string of the molecule is CC(C)(C)[C@H]1CC=C2C(C#N)=C(N)C(C#N)(C#N)[C@@H](c3ccccc3)[C@H]2C1. The molecule has 0 spiro atoms. The van der Waals surface area contributed by atoms with Gasteiger partial charge in [0.2, 0.25) is 0 Å². The van der Waals surface area contributed by atoms with Crippen molar-refractivity contribution in [3.63, 3.8) is 0 Å². The van der Waals surface area contributed by atoms with Crippen molar-refractivity contribution in [2.75, 3.05) is 0 Å². The molecule has 0 heterocycles. The number of fused-ring (bicyclic) bond motifs is 1. The average molecular weight is 356 g/mol. The quantitative estimate of drug-likeness (QED) is 0.798. The Morgan fingerprint density at radius 3 is 2.22 bits per heavy atom. The van der Waals surface area contributed by atoms with Gasteiger partial charge < -0.3 is 5.73 Å². The van der Waals surface area contributed by atoms with E-state index in [1.54, 1.807) is 0 Å². The van der Waals surface area contributed by atoms with Gasteiger partial charge in [-0.1, -0.05) is 57.2 Å². The molecule has 0 saturated heterocycles. The van der Waals surface area contributed by atoms with E-state index >= 15 is 0 Å². The first-order chi connectivity index (χ1) is 12.8. The predicted octanol–water partition coefficient (Wildman–Crippen LogP) is 4.55. The second-order valence-electron chi connectivity index (χ2n) is 8.62. The van der Waals surface area contributed by atoms with Crippen LogP contribution in [-0.4, -0.2) is 0 Å². The highest BCUT2D eigenvalue weighted by atomic mass is 14.7. The highest BCUT2D eigenvalue weighted by Gasteiger charge is 2.54. The van der Waals surface area contributed by atoms with Gasteiger partial charge >= 0.3 is 0 Å².